The normalized spacial score (nSPS) is 11.7. The third-order valence-corrected chi connectivity index (χ3v) is 2.30. The van der Waals surface area contributed by atoms with Crippen molar-refractivity contribution in [3.05, 3.63) is 35.4 Å². The van der Waals surface area contributed by atoms with Gasteiger partial charge in [0, 0.05) is 5.56 Å². The van der Waals surface area contributed by atoms with Crippen LogP contribution < -0.4 is 5.11 Å². The number of nitrogens with zero attached hydrogens (tertiary/aromatic N) is 1. The molecule has 0 amide bonds. The van der Waals surface area contributed by atoms with Crippen LogP contribution in [-0.4, -0.2) is 10.8 Å². The van der Waals surface area contributed by atoms with Crippen molar-refractivity contribution in [3.63, 3.8) is 0 Å². The van der Waals surface area contributed by atoms with Gasteiger partial charge in [-0.2, -0.15) is 5.26 Å². The van der Waals surface area contributed by atoms with E-state index in [1.54, 1.807) is 18.2 Å². The number of aromatic carboxylic acids is 1. The number of hydrogen-bond donors (Lipinski definition) is 0. The number of halogens is 1. The van der Waals surface area contributed by atoms with E-state index in [-0.39, 0.29) is 10.4 Å². The lowest BCUT2D eigenvalue weighted by Gasteiger charge is -2.09. The van der Waals surface area contributed by atoms with E-state index in [2.05, 4.69) is 15.9 Å². The summed E-state index contributed by atoms with van der Waals surface area (Å²) in [7, 11) is 0. The molecule has 0 radical (unpaired) electrons. The van der Waals surface area contributed by atoms with Gasteiger partial charge in [-0.1, -0.05) is 40.2 Å². The molecule has 0 aliphatic carbocycles. The molecule has 0 aliphatic heterocycles. The van der Waals surface area contributed by atoms with Gasteiger partial charge in [0.25, 0.3) is 0 Å². The summed E-state index contributed by atoms with van der Waals surface area (Å²) in [6, 6.07) is 8.50. The van der Waals surface area contributed by atoms with Crippen LogP contribution >= 0.6 is 15.9 Å². The summed E-state index contributed by atoms with van der Waals surface area (Å²) >= 11 is 3.12. The molecule has 1 aromatic carbocycles. The van der Waals surface area contributed by atoms with E-state index in [9.17, 15) is 9.90 Å². The van der Waals surface area contributed by atoms with Gasteiger partial charge in [-0.05, 0) is 12.0 Å². The fourth-order valence-electron chi connectivity index (χ4n) is 1.14. The molecule has 0 N–H and O–H groups in total. The number of carbonyl (C=O) groups excluding carboxylic acids is 1. The van der Waals surface area contributed by atoms with Crippen molar-refractivity contribution >= 4 is 21.9 Å². The zero-order valence-corrected chi connectivity index (χ0v) is 8.82. The molecule has 0 spiro atoms. The molecular formula is C10H7BrNO2-. The quantitative estimate of drug-likeness (QED) is 0.751. The van der Waals surface area contributed by atoms with E-state index in [0.717, 1.165) is 0 Å². The summed E-state index contributed by atoms with van der Waals surface area (Å²) in [6.07, 6.45) is 0.362. The zero-order valence-electron chi connectivity index (χ0n) is 7.24. The van der Waals surface area contributed by atoms with Crippen molar-refractivity contribution in [1.82, 2.24) is 0 Å². The molecule has 0 saturated heterocycles. The van der Waals surface area contributed by atoms with Gasteiger partial charge < -0.3 is 9.90 Å². The first-order valence-corrected chi connectivity index (χ1v) is 4.89. The van der Waals surface area contributed by atoms with Crippen LogP contribution in [-0.2, 0) is 6.42 Å². The predicted octanol–water partition coefficient (Wildman–Crippen LogP) is 0.880. The highest BCUT2D eigenvalue weighted by Crippen LogP contribution is 2.13. The molecule has 72 valence electrons. The second-order valence-corrected chi connectivity index (χ2v) is 3.85. The number of carboxylic acids is 1. The largest absolute Gasteiger partial charge is 0.545 e. The van der Waals surface area contributed by atoms with Crippen LogP contribution in [0.25, 0.3) is 0 Å². The maximum absolute atomic E-state index is 10.7. The van der Waals surface area contributed by atoms with E-state index < -0.39 is 5.97 Å². The van der Waals surface area contributed by atoms with Gasteiger partial charge in [0.2, 0.25) is 0 Å². The lowest BCUT2D eigenvalue weighted by atomic mass is 10.0. The van der Waals surface area contributed by atoms with Crippen molar-refractivity contribution in [2.45, 2.75) is 11.2 Å². The summed E-state index contributed by atoms with van der Waals surface area (Å²) in [4.78, 5) is 10.3. The van der Waals surface area contributed by atoms with Crippen LogP contribution in [0.3, 0.4) is 0 Å². The van der Waals surface area contributed by atoms with Crippen LogP contribution in [0.2, 0.25) is 0 Å². The molecule has 0 fully saturated rings. The van der Waals surface area contributed by atoms with Crippen molar-refractivity contribution in [3.8, 4) is 6.07 Å². The van der Waals surface area contributed by atoms with Gasteiger partial charge >= 0.3 is 0 Å². The molecule has 0 bridgehead atoms. The van der Waals surface area contributed by atoms with Gasteiger partial charge in [-0.3, -0.25) is 0 Å². The fraction of sp³-hybridized carbons (Fsp3) is 0.200. The first-order valence-electron chi connectivity index (χ1n) is 3.98. The molecule has 14 heavy (non-hydrogen) atoms. The monoisotopic (exact) mass is 252 g/mol. The Labute approximate surface area is 90.1 Å². The fourth-order valence-corrected chi connectivity index (χ4v) is 1.48. The van der Waals surface area contributed by atoms with E-state index in [0.29, 0.717) is 12.0 Å². The minimum Gasteiger partial charge on any atom is -0.545 e. The Hall–Kier alpha value is -1.34. The van der Waals surface area contributed by atoms with Gasteiger partial charge in [-0.15, -0.1) is 0 Å². The Kier molecular flexibility index (Phi) is 3.66. The third kappa shape index (κ3) is 2.57. The molecular weight excluding hydrogens is 246 g/mol. The van der Waals surface area contributed by atoms with E-state index in [1.807, 2.05) is 6.07 Å². The Morgan fingerprint density at radius 3 is 2.79 bits per heavy atom. The Morgan fingerprint density at radius 1 is 1.57 bits per heavy atom. The van der Waals surface area contributed by atoms with Crippen LogP contribution in [0.1, 0.15) is 15.9 Å². The maximum atomic E-state index is 10.7. The van der Waals surface area contributed by atoms with Crippen LogP contribution in [0.5, 0.6) is 0 Å². The van der Waals surface area contributed by atoms with Gasteiger partial charge in [0.15, 0.2) is 0 Å². The van der Waals surface area contributed by atoms with E-state index in [4.69, 9.17) is 5.26 Å². The first kappa shape index (κ1) is 10.7. The number of benzene rings is 1. The molecule has 0 aliphatic rings. The first-order chi connectivity index (χ1) is 6.65. The van der Waals surface area contributed by atoms with Crippen molar-refractivity contribution in [2.24, 2.45) is 0 Å². The summed E-state index contributed by atoms with van der Waals surface area (Å²) in [5.74, 6) is -1.21. The molecule has 4 heteroatoms. The van der Waals surface area contributed by atoms with Crippen molar-refractivity contribution in [2.75, 3.05) is 0 Å². The highest BCUT2D eigenvalue weighted by atomic mass is 79.9. The Balaban J connectivity index is 2.97. The summed E-state index contributed by atoms with van der Waals surface area (Å²) in [6.45, 7) is 0. The highest BCUT2D eigenvalue weighted by molar-refractivity contribution is 9.09. The van der Waals surface area contributed by atoms with Crippen molar-refractivity contribution < 1.29 is 9.90 Å². The lowest BCUT2D eigenvalue weighted by molar-refractivity contribution is -0.255. The summed E-state index contributed by atoms with van der Waals surface area (Å²) < 4.78 is 0. The van der Waals surface area contributed by atoms with Gasteiger partial charge in [0.05, 0.1) is 12.0 Å². The Bertz CT molecular complexity index is 384. The van der Waals surface area contributed by atoms with Gasteiger partial charge in [0.1, 0.15) is 4.83 Å². The number of nitriles is 1. The number of carbonyl (C=O) groups is 1. The number of rotatable bonds is 3. The number of hydrogen-bond acceptors (Lipinski definition) is 3. The Morgan fingerprint density at radius 2 is 2.21 bits per heavy atom. The summed E-state index contributed by atoms with van der Waals surface area (Å²) in [5, 5.41) is 19.2. The molecule has 0 aromatic heterocycles. The average molecular weight is 253 g/mol. The van der Waals surface area contributed by atoms with Crippen LogP contribution in [0.15, 0.2) is 24.3 Å². The van der Waals surface area contributed by atoms with Gasteiger partial charge in [-0.25, -0.2) is 0 Å². The minimum absolute atomic E-state index is 0.146. The molecule has 3 nitrogen and oxygen atoms in total. The molecule has 1 rings (SSSR count). The van der Waals surface area contributed by atoms with E-state index >= 15 is 0 Å². The highest BCUT2D eigenvalue weighted by Gasteiger charge is 2.07. The predicted molar refractivity (Wildman–Crippen MR) is 52.8 cm³/mol. The van der Waals surface area contributed by atoms with Crippen molar-refractivity contribution in [1.29, 1.82) is 5.26 Å². The number of carboxylic acid groups (broad SMARTS) is 1. The zero-order chi connectivity index (χ0) is 10.6. The van der Waals surface area contributed by atoms with Crippen LogP contribution in [0, 0.1) is 11.3 Å². The third-order valence-electron chi connectivity index (χ3n) is 1.78. The lowest BCUT2D eigenvalue weighted by Crippen LogP contribution is -2.24. The minimum atomic E-state index is -1.21. The average Bonchev–Trinajstić information content (AvgIpc) is 2.18. The topological polar surface area (TPSA) is 63.9 Å². The number of alkyl halides is 1. The maximum Gasteiger partial charge on any atom is 0.105 e. The standard InChI is InChI=1S/C10H8BrNO2/c11-8(6-12)5-7-3-1-2-4-9(7)10(13)14/h1-4,8H,5H2,(H,13,14)/p-1. The smallest absolute Gasteiger partial charge is 0.105 e. The second kappa shape index (κ2) is 4.77. The second-order valence-electron chi connectivity index (χ2n) is 2.75. The summed E-state index contributed by atoms with van der Waals surface area (Å²) in [5.41, 5.74) is 0.753. The molecule has 0 heterocycles. The molecule has 1 atom stereocenters. The van der Waals surface area contributed by atoms with E-state index in [1.165, 1.54) is 6.07 Å². The molecule has 1 unspecified atom stereocenters. The molecule has 0 saturated carbocycles. The SMILES string of the molecule is N#CC(Br)Cc1ccccc1C(=O)[O-]. The molecule has 1 aromatic rings. The van der Waals surface area contributed by atoms with Crippen LogP contribution in [0.4, 0.5) is 0 Å².